The molecule has 0 amide bonds. The summed E-state index contributed by atoms with van der Waals surface area (Å²) in [5.74, 6) is 1.34. The fourth-order valence-corrected chi connectivity index (χ4v) is 4.42. The van der Waals surface area contributed by atoms with Crippen LogP contribution in [0.3, 0.4) is 0 Å². The Bertz CT molecular complexity index is 720. The minimum atomic E-state index is -0.0838. The van der Waals surface area contributed by atoms with E-state index in [0.717, 1.165) is 24.3 Å². The van der Waals surface area contributed by atoms with Crippen molar-refractivity contribution in [3.05, 3.63) is 72.1 Å². The van der Waals surface area contributed by atoms with E-state index in [-0.39, 0.29) is 5.82 Å². The van der Waals surface area contributed by atoms with Crippen LogP contribution in [0, 0.1) is 11.7 Å². The highest BCUT2D eigenvalue weighted by Gasteiger charge is 2.22. The molecule has 0 spiro atoms. The molecule has 1 aliphatic rings. The van der Waals surface area contributed by atoms with Crippen LogP contribution in [0.5, 0.6) is 0 Å². The summed E-state index contributed by atoms with van der Waals surface area (Å²) in [5.41, 5.74) is 4.14. The second-order valence-corrected chi connectivity index (χ2v) is 8.12. The molecule has 0 unspecified atom stereocenters. The van der Waals surface area contributed by atoms with Crippen LogP contribution >= 0.6 is 0 Å². The summed E-state index contributed by atoms with van der Waals surface area (Å²) in [7, 11) is 0. The molecule has 0 heterocycles. The average Bonchev–Trinajstić information content (AvgIpc) is 2.71. The zero-order valence-electron chi connectivity index (χ0n) is 16.7. The van der Waals surface area contributed by atoms with Crippen LogP contribution in [-0.2, 0) is 6.42 Å². The van der Waals surface area contributed by atoms with Gasteiger partial charge in [0.1, 0.15) is 5.82 Å². The van der Waals surface area contributed by atoms with Crippen molar-refractivity contribution in [3.8, 4) is 11.1 Å². The Kier molecular flexibility index (Phi) is 7.26. The molecule has 1 fully saturated rings. The van der Waals surface area contributed by atoms with Crippen molar-refractivity contribution >= 4 is 0 Å². The fraction of sp³-hybridized carbons (Fsp3) is 0.462. The topological polar surface area (TPSA) is 0 Å². The maximum absolute atomic E-state index is 14.8. The third-order valence-corrected chi connectivity index (χ3v) is 6.18. The third kappa shape index (κ3) is 5.31. The molecule has 1 saturated carbocycles. The van der Waals surface area contributed by atoms with Crippen LogP contribution in [0.1, 0.15) is 75.3 Å². The lowest BCUT2D eigenvalue weighted by Gasteiger charge is -2.29. The van der Waals surface area contributed by atoms with Gasteiger partial charge in [-0.2, -0.15) is 0 Å². The highest BCUT2D eigenvalue weighted by Crippen LogP contribution is 2.38. The minimum Gasteiger partial charge on any atom is -0.206 e. The average molecular weight is 365 g/mol. The van der Waals surface area contributed by atoms with E-state index in [4.69, 9.17) is 0 Å². The molecule has 0 nitrogen and oxygen atoms in total. The van der Waals surface area contributed by atoms with E-state index in [2.05, 4.69) is 31.7 Å². The van der Waals surface area contributed by atoms with Crippen LogP contribution in [0.25, 0.3) is 11.1 Å². The van der Waals surface area contributed by atoms with Crippen molar-refractivity contribution < 1.29 is 4.39 Å². The second-order valence-electron chi connectivity index (χ2n) is 8.12. The van der Waals surface area contributed by atoms with Gasteiger partial charge < -0.3 is 0 Å². The molecular weight excluding hydrogens is 331 g/mol. The van der Waals surface area contributed by atoms with Crippen molar-refractivity contribution in [2.75, 3.05) is 0 Å². The summed E-state index contributed by atoms with van der Waals surface area (Å²) in [5, 5.41) is 0. The van der Waals surface area contributed by atoms with Gasteiger partial charge in [0.25, 0.3) is 0 Å². The van der Waals surface area contributed by atoms with E-state index in [1.54, 1.807) is 6.07 Å². The molecule has 1 aliphatic carbocycles. The summed E-state index contributed by atoms with van der Waals surface area (Å²) in [6.45, 7) is 6.04. The lowest BCUT2D eigenvalue weighted by molar-refractivity contribution is 0.304. The number of hydrogen-bond acceptors (Lipinski definition) is 0. The highest BCUT2D eigenvalue weighted by atomic mass is 19.1. The predicted octanol–water partition coefficient (Wildman–Crippen LogP) is 8.08. The summed E-state index contributed by atoms with van der Waals surface area (Å²) >= 11 is 0. The van der Waals surface area contributed by atoms with Crippen LogP contribution in [-0.4, -0.2) is 0 Å². The molecule has 27 heavy (non-hydrogen) atoms. The van der Waals surface area contributed by atoms with Gasteiger partial charge in [0.2, 0.25) is 0 Å². The quantitative estimate of drug-likeness (QED) is 0.415. The Morgan fingerprint density at radius 2 is 1.78 bits per heavy atom. The smallest absolute Gasteiger partial charge is 0.131 e. The molecule has 0 aromatic heterocycles. The molecule has 0 N–H and O–H groups in total. The van der Waals surface area contributed by atoms with Gasteiger partial charge in [-0.3, -0.25) is 0 Å². The van der Waals surface area contributed by atoms with Crippen molar-refractivity contribution in [2.24, 2.45) is 5.92 Å². The van der Waals surface area contributed by atoms with Gasteiger partial charge in [-0.05, 0) is 73.1 Å². The largest absolute Gasteiger partial charge is 0.206 e. The van der Waals surface area contributed by atoms with Crippen LogP contribution < -0.4 is 0 Å². The lowest BCUT2D eigenvalue weighted by atomic mass is 9.77. The second kappa shape index (κ2) is 9.88. The summed E-state index contributed by atoms with van der Waals surface area (Å²) < 4.78 is 14.8. The molecule has 1 heteroatoms. The van der Waals surface area contributed by atoms with Crippen molar-refractivity contribution in [3.63, 3.8) is 0 Å². The first-order valence-corrected chi connectivity index (χ1v) is 10.7. The van der Waals surface area contributed by atoms with E-state index in [0.29, 0.717) is 11.5 Å². The maximum Gasteiger partial charge on any atom is 0.131 e. The Labute approximate surface area is 164 Å². The predicted molar refractivity (Wildman–Crippen MR) is 115 cm³/mol. The number of unbranched alkanes of at least 4 members (excludes halogenated alkanes) is 1. The summed E-state index contributed by atoms with van der Waals surface area (Å²) in [6, 6.07) is 14.2. The molecule has 2 aromatic carbocycles. The first kappa shape index (κ1) is 19.9. The number of halogens is 1. The lowest BCUT2D eigenvalue weighted by Crippen LogP contribution is -2.13. The van der Waals surface area contributed by atoms with Gasteiger partial charge in [0, 0.05) is 5.56 Å². The zero-order chi connectivity index (χ0) is 19.1. The van der Waals surface area contributed by atoms with Crippen molar-refractivity contribution in [1.29, 1.82) is 0 Å². The van der Waals surface area contributed by atoms with Gasteiger partial charge in [0.15, 0.2) is 0 Å². The first-order valence-electron chi connectivity index (χ1n) is 10.7. The molecule has 0 radical (unpaired) electrons. The van der Waals surface area contributed by atoms with Gasteiger partial charge in [-0.1, -0.05) is 68.7 Å². The third-order valence-electron chi connectivity index (χ3n) is 6.18. The van der Waals surface area contributed by atoms with Gasteiger partial charge in [-0.25, -0.2) is 4.39 Å². The van der Waals surface area contributed by atoms with Crippen LogP contribution in [0.2, 0.25) is 0 Å². The standard InChI is InChI=1S/C26H33F/c1-3-5-7-20-9-13-22(14-10-20)24-17-18-25(26(27)19-24)23-15-11-21(12-16-23)8-6-4-2/h4,11-12,15-20,22H,2-3,5-10,13-14H2,1H3. The molecule has 0 saturated heterocycles. The van der Waals surface area contributed by atoms with Crippen LogP contribution in [0.15, 0.2) is 55.1 Å². The summed E-state index contributed by atoms with van der Waals surface area (Å²) in [4.78, 5) is 0. The molecular formula is C26H33F. The van der Waals surface area contributed by atoms with E-state index < -0.39 is 0 Å². The Hall–Kier alpha value is -1.89. The van der Waals surface area contributed by atoms with Crippen molar-refractivity contribution in [1.82, 2.24) is 0 Å². The van der Waals surface area contributed by atoms with Gasteiger partial charge in [-0.15, -0.1) is 6.58 Å². The molecule has 144 valence electrons. The number of benzene rings is 2. The molecule has 0 aliphatic heterocycles. The number of allylic oxidation sites excluding steroid dienone is 1. The Morgan fingerprint density at radius 1 is 1.04 bits per heavy atom. The highest BCUT2D eigenvalue weighted by molar-refractivity contribution is 5.65. The van der Waals surface area contributed by atoms with Crippen LogP contribution in [0.4, 0.5) is 4.39 Å². The number of rotatable bonds is 8. The first-order chi connectivity index (χ1) is 13.2. The molecule has 0 atom stereocenters. The molecule has 3 rings (SSSR count). The minimum absolute atomic E-state index is 0.0838. The number of aryl methyl sites for hydroxylation is 1. The fourth-order valence-electron chi connectivity index (χ4n) is 4.42. The van der Waals surface area contributed by atoms with E-state index in [1.807, 2.05) is 24.3 Å². The molecule has 2 aromatic rings. The van der Waals surface area contributed by atoms with E-state index in [1.165, 1.54) is 56.1 Å². The van der Waals surface area contributed by atoms with Gasteiger partial charge in [0.05, 0.1) is 0 Å². The zero-order valence-corrected chi connectivity index (χ0v) is 16.7. The maximum atomic E-state index is 14.8. The van der Waals surface area contributed by atoms with E-state index in [9.17, 15) is 4.39 Å². The van der Waals surface area contributed by atoms with Gasteiger partial charge >= 0.3 is 0 Å². The monoisotopic (exact) mass is 364 g/mol. The normalized spacial score (nSPS) is 19.8. The SMILES string of the molecule is C=CCCc1ccc(-c2ccc(C3CCC(CCCC)CC3)cc2F)cc1. The number of hydrogen-bond donors (Lipinski definition) is 0. The Balaban J connectivity index is 1.65. The Morgan fingerprint density at radius 3 is 2.41 bits per heavy atom. The molecule has 0 bridgehead atoms. The van der Waals surface area contributed by atoms with Crippen molar-refractivity contribution in [2.45, 2.75) is 70.6 Å². The summed E-state index contributed by atoms with van der Waals surface area (Å²) in [6.07, 6.45) is 13.0. The van der Waals surface area contributed by atoms with E-state index >= 15 is 0 Å².